The lowest BCUT2D eigenvalue weighted by Crippen LogP contribution is -2.37. The number of hydrogen-bond acceptors (Lipinski definition) is 2. The van der Waals surface area contributed by atoms with Crippen LogP contribution < -0.4 is 5.32 Å². The van der Waals surface area contributed by atoms with Gasteiger partial charge in [0.05, 0.1) is 0 Å². The second-order valence-corrected chi connectivity index (χ2v) is 3.20. The van der Waals surface area contributed by atoms with Gasteiger partial charge in [0, 0.05) is 19.8 Å². The third-order valence-electron chi connectivity index (χ3n) is 2.13. The molecule has 2 nitrogen and oxygen atoms in total. The molecule has 0 radical (unpaired) electrons. The zero-order chi connectivity index (χ0) is 7.40. The lowest BCUT2D eigenvalue weighted by molar-refractivity contribution is 0.126. The van der Waals surface area contributed by atoms with Crippen LogP contribution in [0.5, 0.6) is 0 Å². The highest BCUT2D eigenvalue weighted by molar-refractivity contribution is 4.74. The molecule has 1 aliphatic heterocycles. The van der Waals surface area contributed by atoms with Gasteiger partial charge in [0.1, 0.15) is 0 Å². The van der Waals surface area contributed by atoms with Gasteiger partial charge in [0.15, 0.2) is 0 Å². The number of hydrogen-bond donors (Lipinski definition) is 1. The molecule has 1 heterocycles. The van der Waals surface area contributed by atoms with Crippen molar-refractivity contribution in [1.82, 2.24) is 5.32 Å². The van der Waals surface area contributed by atoms with Crippen molar-refractivity contribution in [1.29, 1.82) is 0 Å². The van der Waals surface area contributed by atoms with Crippen LogP contribution in [-0.2, 0) is 4.74 Å². The molecule has 1 saturated heterocycles. The van der Waals surface area contributed by atoms with Crippen molar-refractivity contribution in [3.63, 3.8) is 0 Å². The Hall–Kier alpha value is -0.0800. The smallest absolute Gasteiger partial charge is 0.0491 e. The molecular weight excluding hydrogens is 126 g/mol. The van der Waals surface area contributed by atoms with E-state index in [9.17, 15) is 0 Å². The second kappa shape index (κ2) is 3.94. The highest BCUT2D eigenvalue weighted by Gasteiger charge is 2.17. The van der Waals surface area contributed by atoms with E-state index in [1.54, 1.807) is 7.11 Å². The van der Waals surface area contributed by atoms with E-state index in [4.69, 9.17) is 4.74 Å². The van der Waals surface area contributed by atoms with Crippen molar-refractivity contribution in [3.8, 4) is 0 Å². The van der Waals surface area contributed by atoms with E-state index >= 15 is 0 Å². The topological polar surface area (TPSA) is 21.3 Å². The SMILES string of the molecule is COCC1CCNC(C)C1. The maximum absolute atomic E-state index is 5.10. The predicted octanol–water partition coefficient (Wildman–Crippen LogP) is 1.02. The largest absolute Gasteiger partial charge is 0.384 e. The Labute approximate surface area is 63.0 Å². The van der Waals surface area contributed by atoms with Crippen LogP contribution in [-0.4, -0.2) is 26.3 Å². The Bertz CT molecular complexity index is 93.3. The van der Waals surface area contributed by atoms with Gasteiger partial charge in [-0.3, -0.25) is 0 Å². The molecule has 1 N–H and O–H groups in total. The third kappa shape index (κ3) is 2.27. The molecule has 1 rings (SSSR count). The van der Waals surface area contributed by atoms with Crippen LogP contribution in [0, 0.1) is 5.92 Å². The van der Waals surface area contributed by atoms with E-state index in [1.165, 1.54) is 12.8 Å². The zero-order valence-corrected chi connectivity index (χ0v) is 6.89. The molecule has 1 aliphatic rings. The first kappa shape index (κ1) is 8.02. The van der Waals surface area contributed by atoms with Gasteiger partial charge in [-0.1, -0.05) is 0 Å². The van der Waals surface area contributed by atoms with Crippen molar-refractivity contribution < 1.29 is 4.74 Å². The maximum atomic E-state index is 5.10. The molecular formula is C8H17NO. The summed E-state index contributed by atoms with van der Waals surface area (Å²) in [5.74, 6) is 0.793. The maximum Gasteiger partial charge on any atom is 0.0491 e. The number of rotatable bonds is 2. The van der Waals surface area contributed by atoms with E-state index in [0.717, 1.165) is 19.1 Å². The lowest BCUT2D eigenvalue weighted by Gasteiger charge is -2.27. The van der Waals surface area contributed by atoms with Crippen LogP contribution in [0.4, 0.5) is 0 Å². The summed E-state index contributed by atoms with van der Waals surface area (Å²) in [6.07, 6.45) is 2.55. The van der Waals surface area contributed by atoms with Crippen LogP contribution in [0.15, 0.2) is 0 Å². The fraction of sp³-hybridized carbons (Fsp3) is 1.00. The molecule has 2 heteroatoms. The van der Waals surface area contributed by atoms with Crippen molar-refractivity contribution in [2.45, 2.75) is 25.8 Å². The van der Waals surface area contributed by atoms with Gasteiger partial charge in [-0.25, -0.2) is 0 Å². The van der Waals surface area contributed by atoms with Gasteiger partial charge in [-0.05, 0) is 32.2 Å². The summed E-state index contributed by atoms with van der Waals surface area (Å²) in [4.78, 5) is 0. The van der Waals surface area contributed by atoms with Crippen LogP contribution in [0.2, 0.25) is 0 Å². The fourth-order valence-electron chi connectivity index (χ4n) is 1.62. The Morgan fingerprint density at radius 1 is 1.60 bits per heavy atom. The predicted molar refractivity (Wildman–Crippen MR) is 42.1 cm³/mol. The Morgan fingerprint density at radius 3 is 3.00 bits per heavy atom. The van der Waals surface area contributed by atoms with Crippen LogP contribution >= 0.6 is 0 Å². The van der Waals surface area contributed by atoms with E-state index in [0.29, 0.717) is 6.04 Å². The summed E-state index contributed by atoms with van der Waals surface area (Å²) in [6.45, 7) is 4.34. The first-order chi connectivity index (χ1) is 4.83. The summed E-state index contributed by atoms with van der Waals surface area (Å²) in [7, 11) is 1.78. The van der Waals surface area contributed by atoms with Gasteiger partial charge < -0.3 is 10.1 Å². The number of methoxy groups -OCH3 is 1. The molecule has 0 aromatic heterocycles. The molecule has 0 aromatic rings. The molecule has 2 atom stereocenters. The van der Waals surface area contributed by atoms with Crippen molar-refractivity contribution >= 4 is 0 Å². The van der Waals surface area contributed by atoms with Crippen molar-refractivity contribution in [2.24, 2.45) is 5.92 Å². The first-order valence-electron chi connectivity index (χ1n) is 4.05. The average molecular weight is 143 g/mol. The molecule has 0 spiro atoms. The van der Waals surface area contributed by atoms with E-state index in [1.807, 2.05) is 0 Å². The molecule has 0 aliphatic carbocycles. The monoisotopic (exact) mass is 143 g/mol. The van der Waals surface area contributed by atoms with Gasteiger partial charge in [0.2, 0.25) is 0 Å². The van der Waals surface area contributed by atoms with Crippen LogP contribution in [0.1, 0.15) is 19.8 Å². The summed E-state index contributed by atoms with van der Waals surface area (Å²) >= 11 is 0. The summed E-state index contributed by atoms with van der Waals surface area (Å²) in [5.41, 5.74) is 0. The van der Waals surface area contributed by atoms with Gasteiger partial charge in [-0.15, -0.1) is 0 Å². The van der Waals surface area contributed by atoms with E-state index in [-0.39, 0.29) is 0 Å². The molecule has 10 heavy (non-hydrogen) atoms. The first-order valence-corrected chi connectivity index (χ1v) is 4.05. The quantitative estimate of drug-likeness (QED) is 0.623. The highest BCUT2D eigenvalue weighted by atomic mass is 16.5. The van der Waals surface area contributed by atoms with Gasteiger partial charge >= 0.3 is 0 Å². The molecule has 0 amide bonds. The standard InChI is InChI=1S/C8H17NO/c1-7-5-8(6-10-2)3-4-9-7/h7-9H,3-6H2,1-2H3. The molecule has 1 fully saturated rings. The Morgan fingerprint density at radius 2 is 2.40 bits per heavy atom. The summed E-state index contributed by atoms with van der Waals surface area (Å²) in [5, 5.41) is 3.41. The molecule has 0 aromatic carbocycles. The molecule has 0 saturated carbocycles. The number of ether oxygens (including phenoxy) is 1. The van der Waals surface area contributed by atoms with Gasteiger partial charge in [0.25, 0.3) is 0 Å². The Balaban J connectivity index is 2.18. The van der Waals surface area contributed by atoms with Crippen LogP contribution in [0.3, 0.4) is 0 Å². The normalized spacial score (nSPS) is 34.2. The lowest BCUT2D eigenvalue weighted by atomic mass is 9.94. The van der Waals surface area contributed by atoms with Crippen LogP contribution in [0.25, 0.3) is 0 Å². The minimum Gasteiger partial charge on any atom is -0.384 e. The minimum absolute atomic E-state index is 0.689. The summed E-state index contributed by atoms with van der Waals surface area (Å²) in [6, 6.07) is 0.689. The Kier molecular flexibility index (Phi) is 3.16. The average Bonchev–Trinajstić information content (AvgIpc) is 1.88. The van der Waals surface area contributed by atoms with Crippen molar-refractivity contribution in [3.05, 3.63) is 0 Å². The third-order valence-corrected chi connectivity index (χ3v) is 2.13. The molecule has 0 bridgehead atoms. The highest BCUT2D eigenvalue weighted by Crippen LogP contribution is 2.15. The fourth-order valence-corrected chi connectivity index (χ4v) is 1.62. The van der Waals surface area contributed by atoms with Gasteiger partial charge in [-0.2, -0.15) is 0 Å². The van der Waals surface area contributed by atoms with Crippen molar-refractivity contribution in [2.75, 3.05) is 20.3 Å². The summed E-state index contributed by atoms with van der Waals surface area (Å²) < 4.78 is 5.10. The number of piperidine rings is 1. The van der Waals surface area contributed by atoms with E-state index < -0.39 is 0 Å². The second-order valence-electron chi connectivity index (χ2n) is 3.20. The molecule has 2 unspecified atom stereocenters. The zero-order valence-electron chi connectivity index (χ0n) is 6.89. The number of nitrogens with one attached hydrogen (secondary N) is 1. The molecule has 60 valence electrons. The minimum atomic E-state index is 0.689. The van der Waals surface area contributed by atoms with E-state index in [2.05, 4.69) is 12.2 Å².